The van der Waals surface area contributed by atoms with Crippen LogP contribution in [0.15, 0.2) is 164 Å². The Bertz CT molecular complexity index is 1990. The highest BCUT2D eigenvalue weighted by Gasteiger charge is 2.26. The van der Waals surface area contributed by atoms with Crippen LogP contribution in [0.3, 0.4) is 0 Å². The molecule has 202 valence electrons. The molecule has 0 aliphatic carbocycles. The monoisotopic (exact) mass is 539 g/mol. The first-order valence-corrected chi connectivity index (χ1v) is 14.6. The summed E-state index contributed by atoms with van der Waals surface area (Å²) in [7, 11) is 0. The van der Waals surface area contributed by atoms with E-state index in [0.29, 0.717) is 0 Å². The summed E-state index contributed by atoms with van der Waals surface area (Å²) in [5.74, 6) is 0. The second-order valence-corrected chi connectivity index (χ2v) is 11.4. The van der Waals surface area contributed by atoms with Crippen molar-refractivity contribution >= 4 is 38.6 Å². The van der Waals surface area contributed by atoms with Crippen molar-refractivity contribution in [1.82, 2.24) is 0 Å². The zero-order valence-corrected chi connectivity index (χ0v) is 24.0. The lowest BCUT2D eigenvalue weighted by Crippen LogP contribution is -2.20. The highest BCUT2D eigenvalue weighted by molar-refractivity contribution is 6.01. The van der Waals surface area contributed by atoms with Crippen LogP contribution in [0.1, 0.15) is 25.0 Å². The Balaban J connectivity index is 1.35. The van der Waals surface area contributed by atoms with Crippen LogP contribution in [0.4, 0.5) is 17.1 Å². The normalized spacial score (nSPS) is 11.6. The van der Waals surface area contributed by atoms with Crippen molar-refractivity contribution < 1.29 is 0 Å². The molecule has 0 unspecified atom stereocenters. The number of para-hydroxylation sites is 1. The van der Waals surface area contributed by atoms with E-state index in [1.807, 2.05) is 0 Å². The van der Waals surface area contributed by atoms with Crippen LogP contribution in [-0.4, -0.2) is 0 Å². The van der Waals surface area contributed by atoms with Crippen molar-refractivity contribution in [2.75, 3.05) is 4.90 Å². The van der Waals surface area contributed by atoms with E-state index in [0.717, 1.165) is 11.4 Å². The molecule has 1 heteroatoms. The minimum atomic E-state index is -0.140. The Morgan fingerprint density at radius 3 is 1.74 bits per heavy atom. The molecule has 0 aromatic heterocycles. The van der Waals surface area contributed by atoms with Gasteiger partial charge in [0.15, 0.2) is 0 Å². The number of benzene rings is 7. The Morgan fingerprint density at radius 1 is 0.429 bits per heavy atom. The van der Waals surface area contributed by atoms with Gasteiger partial charge in [-0.15, -0.1) is 0 Å². The van der Waals surface area contributed by atoms with Crippen LogP contribution in [0.2, 0.25) is 0 Å². The number of hydrogen-bond donors (Lipinski definition) is 0. The molecule has 7 rings (SSSR count). The van der Waals surface area contributed by atoms with Crippen LogP contribution in [0, 0.1) is 0 Å². The molecule has 0 atom stereocenters. The van der Waals surface area contributed by atoms with Gasteiger partial charge in [0.25, 0.3) is 0 Å². The fourth-order valence-electron chi connectivity index (χ4n) is 6.21. The van der Waals surface area contributed by atoms with Gasteiger partial charge in [-0.2, -0.15) is 0 Å². The third-order valence-corrected chi connectivity index (χ3v) is 8.53. The summed E-state index contributed by atoms with van der Waals surface area (Å²) in [6.45, 7) is 4.65. The highest BCUT2D eigenvalue weighted by atomic mass is 15.1. The average molecular weight is 540 g/mol. The largest absolute Gasteiger partial charge is 0.310 e. The molecule has 0 heterocycles. The lowest BCUT2D eigenvalue weighted by Gasteiger charge is -2.31. The van der Waals surface area contributed by atoms with Gasteiger partial charge in [-0.3, -0.25) is 0 Å². The van der Waals surface area contributed by atoms with Crippen molar-refractivity contribution in [3.8, 4) is 11.1 Å². The van der Waals surface area contributed by atoms with Gasteiger partial charge in [0.05, 0.1) is 5.69 Å². The topological polar surface area (TPSA) is 3.24 Å². The molecular formula is C41H33N. The second-order valence-electron chi connectivity index (χ2n) is 11.4. The van der Waals surface area contributed by atoms with Crippen molar-refractivity contribution in [2.24, 2.45) is 0 Å². The van der Waals surface area contributed by atoms with E-state index in [-0.39, 0.29) is 5.41 Å². The molecule has 0 radical (unpaired) electrons. The number of rotatable bonds is 6. The van der Waals surface area contributed by atoms with Crippen molar-refractivity contribution in [2.45, 2.75) is 19.3 Å². The van der Waals surface area contributed by atoms with Crippen molar-refractivity contribution in [3.63, 3.8) is 0 Å². The number of hydrogen-bond acceptors (Lipinski definition) is 1. The number of anilines is 3. The third-order valence-electron chi connectivity index (χ3n) is 8.53. The van der Waals surface area contributed by atoms with Gasteiger partial charge >= 0.3 is 0 Å². The first-order valence-electron chi connectivity index (χ1n) is 14.6. The summed E-state index contributed by atoms with van der Waals surface area (Å²) in [6.07, 6.45) is 0. The van der Waals surface area contributed by atoms with Gasteiger partial charge < -0.3 is 4.90 Å². The van der Waals surface area contributed by atoms with E-state index < -0.39 is 0 Å². The van der Waals surface area contributed by atoms with Crippen LogP contribution in [0.5, 0.6) is 0 Å². The van der Waals surface area contributed by atoms with Gasteiger partial charge in [-0.25, -0.2) is 0 Å². The standard InChI is InChI=1S/C41H33N/c1-41(2,34-15-5-3-6-16-34)39-27-28-40(38-20-12-11-19-37(38)39)42(35-17-7-4-8-18-35)36-25-23-31(24-26-36)33-22-21-30-13-9-10-14-32(30)29-33/h3-29H,1-2H3. The summed E-state index contributed by atoms with van der Waals surface area (Å²) in [5, 5.41) is 5.04. The molecule has 7 aromatic carbocycles. The SMILES string of the molecule is CC(C)(c1ccccc1)c1ccc(N(c2ccccc2)c2ccc(-c3ccc4ccccc4c3)cc2)c2ccccc12. The number of nitrogens with zero attached hydrogens (tertiary/aromatic N) is 1. The predicted octanol–water partition coefficient (Wildman–Crippen LogP) is 11.5. The third kappa shape index (κ3) is 4.63. The fraction of sp³-hybridized carbons (Fsp3) is 0.0732. The van der Waals surface area contributed by atoms with Gasteiger partial charge in [-0.1, -0.05) is 141 Å². The van der Waals surface area contributed by atoms with Gasteiger partial charge in [0.2, 0.25) is 0 Å². The minimum absolute atomic E-state index is 0.140. The molecule has 1 nitrogen and oxygen atoms in total. The van der Waals surface area contributed by atoms with Crippen LogP contribution >= 0.6 is 0 Å². The lowest BCUT2D eigenvalue weighted by molar-refractivity contribution is 0.647. The van der Waals surface area contributed by atoms with E-state index in [1.165, 1.54) is 49.5 Å². The molecule has 42 heavy (non-hydrogen) atoms. The first kappa shape index (κ1) is 25.8. The Morgan fingerprint density at radius 2 is 1.00 bits per heavy atom. The summed E-state index contributed by atoms with van der Waals surface area (Å²) in [4.78, 5) is 2.38. The smallest absolute Gasteiger partial charge is 0.0540 e. The highest BCUT2D eigenvalue weighted by Crippen LogP contribution is 2.43. The molecule has 0 spiro atoms. The first-order chi connectivity index (χ1) is 20.6. The molecule has 0 amide bonds. The molecule has 7 aromatic rings. The fourth-order valence-corrected chi connectivity index (χ4v) is 6.21. The Labute approximate surface area is 248 Å². The Hall–Kier alpha value is -5.14. The van der Waals surface area contributed by atoms with E-state index >= 15 is 0 Å². The maximum atomic E-state index is 2.38. The molecular weight excluding hydrogens is 506 g/mol. The van der Waals surface area contributed by atoms with E-state index in [4.69, 9.17) is 0 Å². The van der Waals surface area contributed by atoms with Gasteiger partial charge in [0.1, 0.15) is 0 Å². The molecule has 0 aliphatic rings. The Kier molecular flexibility index (Phi) is 6.56. The van der Waals surface area contributed by atoms with Gasteiger partial charge in [-0.05, 0) is 74.8 Å². The van der Waals surface area contributed by atoms with Crippen LogP contribution in [0.25, 0.3) is 32.7 Å². The maximum absolute atomic E-state index is 2.38. The van der Waals surface area contributed by atoms with E-state index in [1.54, 1.807) is 0 Å². The maximum Gasteiger partial charge on any atom is 0.0540 e. The van der Waals surface area contributed by atoms with Crippen LogP contribution < -0.4 is 4.90 Å². The zero-order chi connectivity index (χ0) is 28.5. The van der Waals surface area contributed by atoms with Crippen LogP contribution in [-0.2, 0) is 5.41 Å². The summed E-state index contributed by atoms with van der Waals surface area (Å²) < 4.78 is 0. The predicted molar refractivity (Wildman–Crippen MR) is 180 cm³/mol. The molecule has 0 fully saturated rings. The van der Waals surface area contributed by atoms with Crippen molar-refractivity contribution in [1.29, 1.82) is 0 Å². The summed E-state index contributed by atoms with van der Waals surface area (Å²) in [6, 6.07) is 59.1. The minimum Gasteiger partial charge on any atom is -0.310 e. The summed E-state index contributed by atoms with van der Waals surface area (Å²) in [5.41, 5.74) is 8.37. The molecule has 0 N–H and O–H groups in total. The summed E-state index contributed by atoms with van der Waals surface area (Å²) >= 11 is 0. The van der Waals surface area contributed by atoms with E-state index in [2.05, 4.69) is 183 Å². The lowest BCUT2D eigenvalue weighted by atomic mass is 9.76. The zero-order valence-electron chi connectivity index (χ0n) is 24.0. The quantitative estimate of drug-likeness (QED) is 0.203. The molecule has 0 bridgehead atoms. The van der Waals surface area contributed by atoms with Crippen molar-refractivity contribution in [3.05, 3.63) is 175 Å². The molecule has 0 saturated heterocycles. The second kappa shape index (κ2) is 10.7. The molecule has 0 aliphatic heterocycles. The number of fused-ring (bicyclic) bond motifs is 2. The van der Waals surface area contributed by atoms with E-state index in [9.17, 15) is 0 Å². The average Bonchev–Trinajstić information content (AvgIpc) is 3.06. The molecule has 0 saturated carbocycles. The van der Waals surface area contributed by atoms with Gasteiger partial charge in [0, 0.05) is 22.2 Å².